The minimum atomic E-state index is -0.665. The van der Waals surface area contributed by atoms with Gasteiger partial charge in [0.05, 0.1) is 18.6 Å². The number of ether oxygens (including phenoxy) is 4. The fraction of sp³-hybridized carbons (Fsp3) is 0.312. The number of methoxy groups -OCH3 is 1. The highest BCUT2D eigenvalue weighted by Gasteiger charge is 2.36. The Morgan fingerprint density at radius 3 is 2.72 bits per heavy atom. The van der Waals surface area contributed by atoms with Gasteiger partial charge in [-0.2, -0.15) is 0 Å². The van der Waals surface area contributed by atoms with Gasteiger partial charge in [-0.05, 0) is 30.8 Å². The Balaban J connectivity index is 1.91. The van der Waals surface area contributed by atoms with Crippen molar-refractivity contribution in [3.8, 4) is 17.2 Å². The van der Waals surface area contributed by atoms with Gasteiger partial charge in [0, 0.05) is 11.6 Å². The van der Waals surface area contributed by atoms with E-state index in [9.17, 15) is 14.4 Å². The van der Waals surface area contributed by atoms with Crippen LogP contribution >= 0.6 is 11.8 Å². The molecule has 8 nitrogen and oxygen atoms in total. The van der Waals surface area contributed by atoms with Gasteiger partial charge in [0.2, 0.25) is 6.79 Å². The van der Waals surface area contributed by atoms with Crippen LogP contribution in [0.2, 0.25) is 0 Å². The lowest BCUT2D eigenvalue weighted by Crippen LogP contribution is -2.34. The highest BCUT2D eigenvalue weighted by Crippen LogP contribution is 2.41. The van der Waals surface area contributed by atoms with Gasteiger partial charge in [-0.15, -0.1) is 0 Å². The number of carbonyl (C=O) groups excluding carboxylic acids is 3. The summed E-state index contributed by atoms with van der Waals surface area (Å²) < 4.78 is 20.7. The van der Waals surface area contributed by atoms with Crippen LogP contribution in [0.25, 0.3) is 6.08 Å². The second-order valence-corrected chi connectivity index (χ2v) is 6.01. The molecule has 1 aromatic rings. The molecule has 0 aliphatic carbocycles. The molecule has 9 heteroatoms. The lowest BCUT2D eigenvalue weighted by atomic mass is 10.1. The van der Waals surface area contributed by atoms with Gasteiger partial charge < -0.3 is 18.9 Å². The third-order valence-electron chi connectivity index (χ3n) is 3.48. The van der Waals surface area contributed by atoms with Crippen LogP contribution in [0.5, 0.6) is 17.2 Å². The van der Waals surface area contributed by atoms with Crippen LogP contribution in [0.15, 0.2) is 17.0 Å². The third kappa shape index (κ3) is 3.41. The first kappa shape index (κ1) is 17.2. The molecule has 0 aromatic heterocycles. The van der Waals surface area contributed by atoms with E-state index in [-0.39, 0.29) is 11.7 Å². The highest BCUT2D eigenvalue weighted by molar-refractivity contribution is 8.18. The van der Waals surface area contributed by atoms with Crippen LogP contribution in [0.4, 0.5) is 4.79 Å². The maximum Gasteiger partial charge on any atom is 0.325 e. The number of fused-ring (bicyclic) bond motifs is 1. The average Bonchev–Trinajstić information content (AvgIpc) is 3.14. The Morgan fingerprint density at radius 2 is 2.04 bits per heavy atom. The van der Waals surface area contributed by atoms with Crippen molar-refractivity contribution in [1.82, 2.24) is 4.90 Å². The molecule has 0 atom stereocenters. The van der Waals surface area contributed by atoms with E-state index in [2.05, 4.69) is 4.74 Å². The minimum absolute atomic E-state index is 0.111. The topological polar surface area (TPSA) is 91.4 Å². The standard InChI is InChI=1S/C16H15NO7S/c1-3-22-10-6-12-11(23-8-24-12)4-9(10)5-13-15(19)17(16(20)25-13)7-14(18)21-2/h4-6H,3,7-8H2,1-2H3. The number of esters is 1. The highest BCUT2D eigenvalue weighted by atomic mass is 32.2. The van der Waals surface area contributed by atoms with Crippen LogP contribution < -0.4 is 14.2 Å². The van der Waals surface area contributed by atoms with Crippen molar-refractivity contribution in [3.05, 3.63) is 22.6 Å². The zero-order valence-corrected chi connectivity index (χ0v) is 14.4. The van der Waals surface area contributed by atoms with Gasteiger partial charge in [0.25, 0.3) is 11.1 Å². The molecule has 0 bridgehead atoms. The molecule has 1 aromatic carbocycles. The van der Waals surface area contributed by atoms with Crippen molar-refractivity contribution in [2.24, 2.45) is 0 Å². The van der Waals surface area contributed by atoms with Gasteiger partial charge in [-0.25, -0.2) is 0 Å². The predicted octanol–water partition coefficient (Wildman–Crippen LogP) is 2.02. The zero-order chi connectivity index (χ0) is 18.0. The Labute approximate surface area is 147 Å². The molecule has 1 saturated heterocycles. The fourth-order valence-corrected chi connectivity index (χ4v) is 3.13. The van der Waals surface area contributed by atoms with Crippen molar-refractivity contribution in [1.29, 1.82) is 0 Å². The number of amides is 2. The Hall–Kier alpha value is -2.68. The molecule has 1 fully saturated rings. The molecule has 2 amide bonds. The summed E-state index contributed by atoms with van der Waals surface area (Å²) in [5, 5.41) is -0.527. The van der Waals surface area contributed by atoms with Crippen molar-refractivity contribution < 1.29 is 33.3 Å². The van der Waals surface area contributed by atoms with Crippen LogP contribution in [-0.4, -0.2) is 49.1 Å². The molecular formula is C16H15NO7S. The first-order valence-corrected chi connectivity index (χ1v) is 8.23. The number of thioether (sulfide) groups is 1. The van der Waals surface area contributed by atoms with Gasteiger partial charge in [-0.1, -0.05) is 0 Å². The summed E-state index contributed by atoms with van der Waals surface area (Å²) in [6.45, 7) is 1.95. The van der Waals surface area contributed by atoms with Crippen molar-refractivity contribution in [2.45, 2.75) is 6.92 Å². The maximum absolute atomic E-state index is 12.4. The molecule has 2 aliphatic rings. The first-order valence-electron chi connectivity index (χ1n) is 7.42. The van der Waals surface area contributed by atoms with Crippen molar-refractivity contribution >= 4 is 35.0 Å². The Morgan fingerprint density at radius 1 is 1.32 bits per heavy atom. The molecule has 0 spiro atoms. The Bertz CT molecular complexity index is 774. The molecular weight excluding hydrogens is 350 g/mol. The molecule has 0 N–H and O–H groups in total. The summed E-state index contributed by atoms with van der Waals surface area (Å²) in [7, 11) is 1.19. The van der Waals surface area contributed by atoms with Gasteiger partial charge in [-0.3, -0.25) is 19.3 Å². The normalized spacial score (nSPS) is 17.4. The van der Waals surface area contributed by atoms with Crippen molar-refractivity contribution in [2.75, 3.05) is 27.1 Å². The number of nitrogens with zero attached hydrogens (tertiary/aromatic N) is 1. The van der Waals surface area contributed by atoms with E-state index < -0.39 is 23.7 Å². The number of rotatable bonds is 5. The monoisotopic (exact) mass is 365 g/mol. The van der Waals surface area contributed by atoms with Crippen molar-refractivity contribution in [3.63, 3.8) is 0 Å². The number of hydrogen-bond donors (Lipinski definition) is 0. The zero-order valence-electron chi connectivity index (χ0n) is 13.6. The summed E-state index contributed by atoms with van der Waals surface area (Å²) >= 11 is 0.752. The lowest BCUT2D eigenvalue weighted by molar-refractivity contribution is -0.143. The van der Waals surface area contributed by atoms with Crippen LogP contribution in [0, 0.1) is 0 Å². The summed E-state index contributed by atoms with van der Waals surface area (Å²) in [6, 6.07) is 3.36. The smallest absolute Gasteiger partial charge is 0.325 e. The quantitative estimate of drug-likeness (QED) is 0.578. The van der Waals surface area contributed by atoms with Crippen LogP contribution in [0.3, 0.4) is 0 Å². The average molecular weight is 365 g/mol. The molecule has 0 unspecified atom stereocenters. The van der Waals surface area contributed by atoms with Crippen LogP contribution in [0.1, 0.15) is 12.5 Å². The summed E-state index contributed by atoms with van der Waals surface area (Å²) in [5.41, 5.74) is 0.578. The first-order chi connectivity index (χ1) is 12.0. The summed E-state index contributed by atoms with van der Waals surface area (Å²) in [5.74, 6) is 0.372. The maximum atomic E-state index is 12.4. The molecule has 25 heavy (non-hydrogen) atoms. The van der Waals surface area contributed by atoms with Gasteiger partial charge in [0.15, 0.2) is 11.5 Å². The predicted molar refractivity (Wildman–Crippen MR) is 88.4 cm³/mol. The number of carbonyl (C=O) groups is 3. The molecule has 2 heterocycles. The number of benzene rings is 1. The van der Waals surface area contributed by atoms with E-state index in [0.29, 0.717) is 29.4 Å². The van der Waals surface area contributed by atoms with Crippen LogP contribution in [-0.2, 0) is 14.3 Å². The van der Waals surface area contributed by atoms with E-state index >= 15 is 0 Å². The lowest BCUT2D eigenvalue weighted by Gasteiger charge is -2.10. The number of imide groups is 1. The second kappa shape index (κ2) is 7.06. The second-order valence-electron chi connectivity index (χ2n) is 5.02. The SMILES string of the molecule is CCOc1cc2c(cc1C=C1SC(=O)N(CC(=O)OC)C1=O)OCO2. The summed E-state index contributed by atoms with van der Waals surface area (Å²) in [4.78, 5) is 36.7. The third-order valence-corrected chi connectivity index (χ3v) is 4.39. The molecule has 132 valence electrons. The largest absolute Gasteiger partial charge is 0.493 e. The van der Waals surface area contributed by atoms with Gasteiger partial charge in [0.1, 0.15) is 12.3 Å². The Kier molecular flexibility index (Phi) is 4.84. The number of hydrogen-bond acceptors (Lipinski definition) is 8. The van der Waals surface area contributed by atoms with E-state index in [1.165, 1.54) is 13.2 Å². The molecule has 3 rings (SSSR count). The summed E-state index contributed by atoms with van der Waals surface area (Å²) in [6.07, 6.45) is 1.54. The molecule has 2 aliphatic heterocycles. The van der Waals surface area contributed by atoms with E-state index in [0.717, 1.165) is 16.7 Å². The molecule has 0 radical (unpaired) electrons. The fourth-order valence-electron chi connectivity index (χ4n) is 2.30. The van der Waals surface area contributed by atoms with E-state index in [4.69, 9.17) is 14.2 Å². The van der Waals surface area contributed by atoms with E-state index in [1.807, 2.05) is 6.92 Å². The molecule has 0 saturated carbocycles. The van der Waals surface area contributed by atoms with E-state index in [1.54, 1.807) is 12.1 Å². The van der Waals surface area contributed by atoms with Gasteiger partial charge >= 0.3 is 5.97 Å². The minimum Gasteiger partial charge on any atom is -0.493 e.